The first-order valence-corrected chi connectivity index (χ1v) is 13.0. The molecule has 0 aliphatic heterocycles. The summed E-state index contributed by atoms with van der Waals surface area (Å²) in [5.74, 6) is 1.82. The molecule has 0 spiro atoms. The lowest BCUT2D eigenvalue weighted by Crippen LogP contribution is -2.03. The normalized spacial score (nSPS) is 11.3. The molecule has 0 aromatic heterocycles. The number of hydrogen-bond acceptors (Lipinski definition) is 2. The number of hydrogen-bond donors (Lipinski definition) is 0. The van der Waals surface area contributed by atoms with Gasteiger partial charge in [-0.2, -0.15) is 0 Å². The van der Waals surface area contributed by atoms with Crippen LogP contribution in [0.2, 0.25) is 0 Å². The molecule has 0 amide bonds. The molecule has 0 unspecified atom stereocenters. The maximum absolute atomic E-state index is 6.39. The van der Waals surface area contributed by atoms with Crippen LogP contribution in [0, 0.1) is 0 Å². The third-order valence-corrected chi connectivity index (χ3v) is 6.34. The van der Waals surface area contributed by atoms with Crippen molar-refractivity contribution >= 4 is 21.5 Å². The highest BCUT2D eigenvalue weighted by Gasteiger charge is 2.13. The summed E-state index contributed by atoms with van der Waals surface area (Å²) in [6.45, 7) is 6.04. The van der Waals surface area contributed by atoms with Crippen molar-refractivity contribution < 1.29 is 9.47 Å². The van der Waals surface area contributed by atoms with E-state index in [1.54, 1.807) is 0 Å². The maximum Gasteiger partial charge on any atom is 0.168 e. The molecule has 0 atom stereocenters. The number of benzene rings is 3. The molecular weight excluding hydrogens is 392 g/mol. The first kappa shape index (κ1) is 24.4. The largest absolute Gasteiger partial charge is 0.490 e. The van der Waals surface area contributed by atoms with E-state index in [-0.39, 0.29) is 0 Å². The van der Waals surface area contributed by atoms with E-state index in [1.165, 1.54) is 80.4 Å². The second kappa shape index (κ2) is 14.0. The van der Waals surface area contributed by atoms with Crippen molar-refractivity contribution in [2.24, 2.45) is 0 Å². The summed E-state index contributed by atoms with van der Waals surface area (Å²) in [5, 5.41) is 4.95. The van der Waals surface area contributed by atoms with E-state index < -0.39 is 0 Å². The van der Waals surface area contributed by atoms with Gasteiger partial charge >= 0.3 is 0 Å². The zero-order valence-corrected chi connectivity index (χ0v) is 20.3. The molecule has 0 radical (unpaired) electrons. The lowest BCUT2D eigenvalue weighted by Gasteiger charge is -2.16. The second-order valence-corrected chi connectivity index (χ2v) is 9.01. The van der Waals surface area contributed by atoms with E-state index in [0.29, 0.717) is 0 Å². The summed E-state index contributed by atoms with van der Waals surface area (Å²) >= 11 is 0. The Kier molecular flexibility index (Phi) is 10.7. The Bertz CT molecular complexity index is 931. The van der Waals surface area contributed by atoms with Gasteiger partial charge in [0.15, 0.2) is 11.5 Å². The maximum atomic E-state index is 6.39. The van der Waals surface area contributed by atoms with Crippen LogP contribution in [-0.2, 0) is 0 Å². The van der Waals surface area contributed by atoms with Gasteiger partial charge in [0.25, 0.3) is 0 Å². The van der Waals surface area contributed by atoms with E-state index in [9.17, 15) is 0 Å². The van der Waals surface area contributed by atoms with Gasteiger partial charge in [-0.15, -0.1) is 0 Å². The van der Waals surface area contributed by atoms with Crippen LogP contribution in [0.25, 0.3) is 21.5 Å². The molecular formula is C30H42O2. The Morgan fingerprint density at radius 3 is 1.81 bits per heavy atom. The molecule has 0 saturated carbocycles. The first-order valence-electron chi connectivity index (χ1n) is 13.0. The smallest absolute Gasteiger partial charge is 0.168 e. The molecule has 2 nitrogen and oxygen atoms in total. The van der Waals surface area contributed by atoms with Crippen LogP contribution in [-0.4, -0.2) is 13.2 Å². The lowest BCUT2D eigenvalue weighted by atomic mass is 10.0. The third-order valence-electron chi connectivity index (χ3n) is 6.34. The molecule has 0 heterocycles. The van der Waals surface area contributed by atoms with Gasteiger partial charge in [0.2, 0.25) is 0 Å². The van der Waals surface area contributed by atoms with Gasteiger partial charge in [-0.25, -0.2) is 0 Å². The average molecular weight is 435 g/mol. The standard InChI is InChI=1S/C30H42O2/c1-3-5-7-9-11-15-23-31-29-22-21-27-26-18-14-13-17-25(26)19-20-28(27)30(29)32-24-16-12-10-8-6-4-2/h13-14,17-22H,3-12,15-16,23-24H2,1-2H3. The highest BCUT2D eigenvalue weighted by atomic mass is 16.5. The monoisotopic (exact) mass is 434 g/mol. The number of fused-ring (bicyclic) bond motifs is 3. The highest BCUT2D eigenvalue weighted by molar-refractivity contribution is 6.10. The highest BCUT2D eigenvalue weighted by Crippen LogP contribution is 2.39. The number of ether oxygens (including phenoxy) is 2. The van der Waals surface area contributed by atoms with Gasteiger partial charge in [-0.1, -0.05) is 108 Å². The van der Waals surface area contributed by atoms with Crippen LogP contribution in [0.1, 0.15) is 90.9 Å². The molecule has 3 aromatic carbocycles. The molecule has 0 fully saturated rings. The van der Waals surface area contributed by atoms with E-state index >= 15 is 0 Å². The minimum absolute atomic E-state index is 0.755. The Labute approximate surface area is 195 Å². The Morgan fingerprint density at radius 1 is 0.500 bits per heavy atom. The summed E-state index contributed by atoms with van der Waals surface area (Å²) < 4.78 is 12.6. The van der Waals surface area contributed by atoms with Gasteiger partial charge in [-0.05, 0) is 47.2 Å². The fraction of sp³-hybridized carbons (Fsp3) is 0.533. The summed E-state index contributed by atoms with van der Waals surface area (Å²) in [6.07, 6.45) is 15.2. The van der Waals surface area contributed by atoms with E-state index in [0.717, 1.165) is 42.9 Å². The average Bonchev–Trinajstić information content (AvgIpc) is 2.83. The summed E-state index contributed by atoms with van der Waals surface area (Å²) in [5.41, 5.74) is 0. The number of rotatable bonds is 16. The minimum atomic E-state index is 0.755. The van der Waals surface area contributed by atoms with E-state index in [1.807, 2.05) is 0 Å². The van der Waals surface area contributed by atoms with Crippen molar-refractivity contribution in [3.05, 3.63) is 48.5 Å². The fourth-order valence-electron chi connectivity index (χ4n) is 4.42. The topological polar surface area (TPSA) is 18.5 Å². The molecule has 3 aromatic rings. The van der Waals surface area contributed by atoms with Gasteiger partial charge in [0.1, 0.15) is 0 Å². The van der Waals surface area contributed by atoms with Crippen molar-refractivity contribution in [3.63, 3.8) is 0 Å². The molecule has 2 heteroatoms. The lowest BCUT2D eigenvalue weighted by molar-refractivity contribution is 0.261. The summed E-state index contributed by atoms with van der Waals surface area (Å²) in [4.78, 5) is 0. The fourth-order valence-corrected chi connectivity index (χ4v) is 4.42. The molecule has 0 N–H and O–H groups in total. The molecule has 0 aliphatic rings. The Hall–Kier alpha value is -2.22. The predicted octanol–water partition coefficient (Wildman–Crippen LogP) is 9.47. The van der Waals surface area contributed by atoms with E-state index in [4.69, 9.17) is 9.47 Å². The van der Waals surface area contributed by atoms with Crippen molar-refractivity contribution in [2.75, 3.05) is 13.2 Å². The molecule has 174 valence electrons. The Morgan fingerprint density at radius 2 is 1.09 bits per heavy atom. The zero-order chi connectivity index (χ0) is 22.4. The van der Waals surface area contributed by atoms with Gasteiger partial charge in [0, 0.05) is 5.39 Å². The van der Waals surface area contributed by atoms with Crippen LogP contribution in [0.4, 0.5) is 0 Å². The van der Waals surface area contributed by atoms with Crippen molar-refractivity contribution in [1.29, 1.82) is 0 Å². The quantitative estimate of drug-likeness (QED) is 0.165. The molecule has 0 saturated heterocycles. The van der Waals surface area contributed by atoms with Crippen LogP contribution >= 0.6 is 0 Å². The van der Waals surface area contributed by atoms with Crippen LogP contribution in [0.5, 0.6) is 11.5 Å². The minimum Gasteiger partial charge on any atom is -0.490 e. The molecule has 0 aliphatic carbocycles. The van der Waals surface area contributed by atoms with Crippen LogP contribution in [0.15, 0.2) is 48.5 Å². The van der Waals surface area contributed by atoms with Crippen molar-refractivity contribution in [2.45, 2.75) is 90.9 Å². The van der Waals surface area contributed by atoms with Crippen molar-refractivity contribution in [1.82, 2.24) is 0 Å². The summed E-state index contributed by atoms with van der Waals surface area (Å²) in [6, 6.07) is 17.3. The zero-order valence-electron chi connectivity index (χ0n) is 20.3. The van der Waals surface area contributed by atoms with Crippen LogP contribution in [0.3, 0.4) is 0 Å². The Balaban J connectivity index is 1.68. The van der Waals surface area contributed by atoms with Crippen LogP contribution < -0.4 is 9.47 Å². The number of unbranched alkanes of at least 4 members (excludes halogenated alkanes) is 10. The SMILES string of the molecule is CCCCCCCCOc1ccc2c(ccc3ccccc32)c1OCCCCCCCC. The predicted molar refractivity (Wildman–Crippen MR) is 139 cm³/mol. The van der Waals surface area contributed by atoms with Gasteiger partial charge in [0.05, 0.1) is 13.2 Å². The molecule has 3 rings (SSSR count). The summed E-state index contributed by atoms with van der Waals surface area (Å²) in [7, 11) is 0. The third kappa shape index (κ3) is 7.15. The van der Waals surface area contributed by atoms with E-state index in [2.05, 4.69) is 62.4 Å². The van der Waals surface area contributed by atoms with Gasteiger partial charge < -0.3 is 9.47 Å². The van der Waals surface area contributed by atoms with Crippen molar-refractivity contribution in [3.8, 4) is 11.5 Å². The molecule has 32 heavy (non-hydrogen) atoms. The molecule has 0 bridgehead atoms. The van der Waals surface area contributed by atoms with Gasteiger partial charge in [-0.3, -0.25) is 0 Å². The first-order chi connectivity index (χ1) is 15.8. The second-order valence-electron chi connectivity index (χ2n) is 9.01.